The molecular weight excluding hydrogens is 593 g/mol. The Labute approximate surface area is 286 Å². The summed E-state index contributed by atoms with van der Waals surface area (Å²) >= 11 is 0. The van der Waals surface area contributed by atoms with Crippen LogP contribution in [0.3, 0.4) is 0 Å². The van der Waals surface area contributed by atoms with E-state index in [0.29, 0.717) is 0 Å². The third kappa shape index (κ3) is 4.14. The second kappa shape index (κ2) is 10.8. The zero-order chi connectivity index (χ0) is 32.4. The lowest BCUT2D eigenvalue weighted by Crippen LogP contribution is -2.36. The molecule has 49 heavy (non-hydrogen) atoms. The van der Waals surface area contributed by atoms with Crippen molar-refractivity contribution in [3.8, 4) is 22.3 Å². The summed E-state index contributed by atoms with van der Waals surface area (Å²) in [5, 5.41) is 6.31. The van der Waals surface area contributed by atoms with Crippen LogP contribution in [0.2, 0.25) is 0 Å². The van der Waals surface area contributed by atoms with E-state index in [4.69, 9.17) is 0 Å². The van der Waals surface area contributed by atoms with Crippen molar-refractivity contribution in [3.05, 3.63) is 210 Å². The average Bonchev–Trinajstić information content (AvgIpc) is 3.45. The van der Waals surface area contributed by atoms with Gasteiger partial charge >= 0.3 is 0 Å². The van der Waals surface area contributed by atoms with Gasteiger partial charge in [-0.05, 0) is 110 Å². The summed E-state index contributed by atoms with van der Waals surface area (Å²) in [7, 11) is 0. The molecule has 0 aromatic heterocycles. The molecule has 1 spiro atoms. The molecule has 1 N–H and O–H groups in total. The lowest BCUT2D eigenvalue weighted by atomic mass is 9.64. The molecular formula is C47H32N2. The summed E-state index contributed by atoms with van der Waals surface area (Å²) in [6, 6.07) is 68.6. The molecule has 0 atom stereocenters. The summed E-state index contributed by atoms with van der Waals surface area (Å²) in [6.45, 7) is 0. The fourth-order valence-electron chi connectivity index (χ4n) is 8.35. The van der Waals surface area contributed by atoms with Crippen molar-refractivity contribution in [2.75, 3.05) is 10.2 Å². The molecule has 0 fully saturated rings. The minimum atomic E-state index is -0.477. The van der Waals surface area contributed by atoms with Gasteiger partial charge in [0.1, 0.15) is 0 Å². The van der Waals surface area contributed by atoms with E-state index >= 15 is 0 Å². The zero-order valence-corrected chi connectivity index (χ0v) is 26.8. The Morgan fingerprint density at radius 2 is 0.980 bits per heavy atom. The molecule has 1 aliphatic heterocycles. The Bertz CT molecular complexity index is 2500. The maximum atomic E-state index is 3.80. The van der Waals surface area contributed by atoms with Crippen molar-refractivity contribution in [1.82, 2.24) is 0 Å². The molecule has 8 aromatic carbocycles. The topological polar surface area (TPSA) is 15.3 Å². The second-order valence-electron chi connectivity index (χ2n) is 13.0. The Hall–Kier alpha value is -6.38. The monoisotopic (exact) mass is 624 g/mol. The highest BCUT2D eigenvalue weighted by atomic mass is 15.2. The number of rotatable bonds is 4. The number of hydrogen-bond acceptors (Lipinski definition) is 2. The molecule has 2 nitrogen and oxygen atoms in total. The van der Waals surface area contributed by atoms with Gasteiger partial charge in [-0.3, -0.25) is 0 Å². The predicted octanol–water partition coefficient (Wildman–Crippen LogP) is 12.4. The number of fused-ring (bicyclic) bond motifs is 10. The second-order valence-corrected chi connectivity index (χ2v) is 13.0. The van der Waals surface area contributed by atoms with Crippen LogP contribution in [-0.2, 0) is 5.41 Å². The van der Waals surface area contributed by atoms with Gasteiger partial charge < -0.3 is 10.2 Å². The molecule has 230 valence electrons. The van der Waals surface area contributed by atoms with Crippen molar-refractivity contribution in [2.45, 2.75) is 5.41 Å². The maximum Gasteiger partial charge on any atom is 0.0755 e. The number of para-hydroxylation sites is 3. The number of nitrogens with one attached hydrogen (secondary N) is 1. The molecule has 0 radical (unpaired) electrons. The zero-order valence-electron chi connectivity index (χ0n) is 26.8. The Morgan fingerprint density at radius 3 is 1.78 bits per heavy atom. The number of benzene rings is 8. The standard InChI is InChI=1S/C47H32N2/c1-2-17-38(18-3-1)49-45-23-10-8-21-42(45)47(43-22-9-11-24-46(43)49)41-20-7-6-19-39(41)40-28-27-37(31-44(40)47)48-36-16-12-15-34(30-36)35-26-25-32-13-4-5-14-33(32)29-35/h1-31,48H. The third-order valence-electron chi connectivity index (χ3n) is 10.4. The van der Waals surface area contributed by atoms with Crippen LogP contribution in [-0.4, -0.2) is 0 Å². The summed E-state index contributed by atoms with van der Waals surface area (Å²) < 4.78 is 0. The molecule has 2 aliphatic rings. The van der Waals surface area contributed by atoms with Crippen LogP contribution in [0.15, 0.2) is 188 Å². The molecule has 0 saturated carbocycles. The molecule has 0 amide bonds. The largest absolute Gasteiger partial charge is 0.355 e. The van der Waals surface area contributed by atoms with Gasteiger partial charge in [-0.25, -0.2) is 0 Å². The van der Waals surface area contributed by atoms with Crippen LogP contribution in [0.4, 0.5) is 28.4 Å². The lowest BCUT2D eigenvalue weighted by molar-refractivity contribution is 0.753. The Morgan fingerprint density at radius 1 is 0.367 bits per heavy atom. The van der Waals surface area contributed by atoms with Gasteiger partial charge in [0.15, 0.2) is 0 Å². The first kappa shape index (κ1) is 27.7. The summed E-state index contributed by atoms with van der Waals surface area (Å²) in [4.78, 5) is 2.43. The van der Waals surface area contributed by atoms with E-state index in [2.05, 4.69) is 198 Å². The van der Waals surface area contributed by atoms with Gasteiger partial charge in [-0.2, -0.15) is 0 Å². The molecule has 0 bridgehead atoms. The van der Waals surface area contributed by atoms with E-state index in [1.807, 2.05) is 0 Å². The maximum absolute atomic E-state index is 3.80. The van der Waals surface area contributed by atoms with Crippen LogP contribution < -0.4 is 10.2 Å². The highest BCUT2D eigenvalue weighted by Gasteiger charge is 2.51. The van der Waals surface area contributed by atoms with Crippen molar-refractivity contribution in [3.63, 3.8) is 0 Å². The number of hydrogen-bond donors (Lipinski definition) is 1. The quantitative estimate of drug-likeness (QED) is 0.210. The van der Waals surface area contributed by atoms with E-state index in [1.54, 1.807) is 0 Å². The highest BCUT2D eigenvalue weighted by Crippen LogP contribution is 2.63. The molecule has 2 heteroatoms. The minimum absolute atomic E-state index is 0.477. The Balaban J connectivity index is 1.14. The van der Waals surface area contributed by atoms with Crippen LogP contribution in [0, 0.1) is 0 Å². The fourth-order valence-corrected chi connectivity index (χ4v) is 8.35. The van der Waals surface area contributed by atoms with Gasteiger partial charge in [0, 0.05) is 17.1 Å². The lowest BCUT2D eigenvalue weighted by Gasteiger charge is -2.45. The van der Waals surface area contributed by atoms with E-state index in [9.17, 15) is 0 Å². The van der Waals surface area contributed by atoms with Crippen molar-refractivity contribution in [2.24, 2.45) is 0 Å². The molecule has 0 unspecified atom stereocenters. The number of anilines is 5. The SMILES string of the molecule is c1ccc(N2c3ccccc3C3(c4ccccc4-c4ccc(Nc5cccc(-c6ccc7ccccc7c6)c5)cc43)c3ccccc32)cc1. The molecule has 8 aromatic rings. The summed E-state index contributed by atoms with van der Waals surface area (Å²) in [5.74, 6) is 0. The fraction of sp³-hybridized carbons (Fsp3) is 0.0213. The molecule has 0 saturated heterocycles. The van der Waals surface area contributed by atoms with Crippen LogP contribution in [0.25, 0.3) is 33.0 Å². The first-order chi connectivity index (χ1) is 24.3. The highest BCUT2D eigenvalue weighted by molar-refractivity contribution is 5.96. The van der Waals surface area contributed by atoms with Gasteiger partial charge in [0.2, 0.25) is 0 Å². The summed E-state index contributed by atoms with van der Waals surface area (Å²) in [6.07, 6.45) is 0. The molecule has 1 heterocycles. The minimum Gasteiger partial charge on any atom is -0.355 e. The van der Waals surface area contributed by atoms with E-state index < -0.39 is 5.41 Å². The third-order valence-corrected chi connectivity index (χ3v) is 10.4. The van der Waals surface area contributed by atoms with Crippen LogP contribution in [0.5, 0.6) is 0 Å². The van der Waals surface area contributed by atoms with Gasteiger partial charge in [-0.1, -0.05) is 133 Å². The van der Waals surface area contributed by atoms with Crippen molar-refractivity contribution in [1.29, 1.82) is 0 Å². The smallest absolute Gasteiger partial charge is 0.0755 e. The predicted molar refractivity (Wildman–Crippen MR) is 205 cm³/mol. The van der Waals surface area contributed by atoms with Crippen LogP contribution >= 0.6 is 0 Å². The average molecular weight is 625 g/mol. The van der Waals surface area contributed by atoms with Gasteiger partial charge in [0.25, 0.3) is 0 Å². The number of nitrogens with zero attached hydrogens (tertiary/aromatic N) is 1. The summed E-state index contributed by atoms with van der Waals surface area (Å²) in [5.41, 5.74) is 15.4. The normalized spacial score (nSPS) is 13.4. The molecule has 1 aliphatic carbocycles. The Kier molecular flexibility index (Phi) is 6.13. The van der Waals surface area contributed by atoms with E-state index in [-0.39, 0.29) is 0 Å². The first-order valence-electron chi connectivity index (χ1n) is 16.9. The van der Waals surface area contributed by atoms with Crippen molar-refractivity contribution >= 4 is 39.2 Å². The van der Waals surface area contributed by atoms with Gasteiger partial charge in [-0.15, -0.1) is 0 Å². The van der Waals surface area contributed by atoms with Gasteiger partial charge in [0.05, 0.1) is 16.8 Å². The van der Waals surface area contributed by atoms with Crippen molar-refractivity contribution < 1.29 is 0 Å². The van der Waals surface area contributed by atoms with E-state index in [0.717, 1.165) is 17.1 Å². The van der Waals surface area contributed by atoms with E-state index in [1.165, 1.54) is 66.7 Å². The van der Waals surface area contributed by atoms with Crippen LogP contribution in [0.1, 0.15) is 22.3 Å². The molecule has 10 rings (SSSR count). The first-order valence-corrected chi connectivity index (χ1v) is 16.9.